The fourth-order valence-corrected chi connectivity index (χ4v) is 1.36. The van der Waals surface area contributed by atoms with Crippen molar-refractivity contribution >= 4 is 7.60 Å². The average Bonchev–Trinajstić information content (AvgIpc) is 2.13. The number of ether oxygens (including phenoxy) is 1. The molecule has 2 N–H and O–H groups in total. The van der Waals surface area contributed by atoms with Crippen molar-refractivity contribution < 1.29 is 83.7 Å². The van der Waals surface area contributed by atoms with E-state index >= 15 is 0 Å². The summed E-state index contributed by atoms with van der Waals surface area (Å²) >= 11 is 0. The first kappa shape index (κ1) is 18.8. The minimum atomic E-state index is -4.40. The zero-order chi connectivity index (χ0) is 6.36. The fraction of sp³-hybridized carbons (Fsp3) is 1.00. The van der Waals surface area contributed by atoms with Crippen LogP contribution in [0.1, 0.15) is 6.92 Å². The van der Waals surface area contributed by atoms with Gasteiger partial charge in [0.25, 0.3) is 0 Å². The third-order valence-corrected chi connectivity index (χ3v) is 2.16. The summed E-state index contributed by atoms with van der Waals surface area (Å²) in [5.74, 6) is -1.04. The van der Waals surface area contributed by atoms with Crippen molar-refractivity contribution in [1.29, 1.82) is 0 Å². The summed E-state index contributed by atoms with van der Waals surface area (Å²) in [5, 5.41) is 0. The van der Waals surface area contributed by atoms with Crippen LogP contribution in [0.15, 0.2) is 0 Å². The van der Waals surface area contributed by atoms with Crippen molar-refractivity contribution in [2.24, 2.45) is 0 Å². The van der Waals surface area contributed by atoms with Gasteiger partial charge >= 0.3 is 59.1 Å². The monoisotopic (exact) mass is 200 g/mol. The van der Waals surface area contributed by atoms with Crippen LogP contribution in [0.25, 0.3) is 0 Å². The van der Waals surface area contributed by atoms with Crippen LogP contribution in [-0.2, 0) is 9.30 Å². The van der Waals surface area contributed by atoms with E-state index in [2.05, 4.69) is 4.74 Å². The molecule has 0 aromatic heterocycles. The van der Waals surface area contributed by atoms with Gasteiger partial charge in [0.1, 0.15) is 5.85 Å². The van der Waals surface area contributed by atoms with Gasteiger partial charge in [-0.1, -0.05) is 0 Å². The molecular formula is C3H7Na2O5P. The van der Waals surface area contributed by atoms with Crippen LogP contribution >= 0.6 is 7.60 Å². The number of hydrogen-bond acceptors (Lipinski definition) is 4. The van der Waals surface area contributed by atoms with Crippen LogP contribution in [0.4, 0.5) is 0 Å². The van der Waals surface area contributed by atoms with Gasteiger partial charge in [0.15, 0.2) is 0 Å². The predicted molar refractivity (Wildman–Crippen MR) is 25.6 cm³/mol. The van der Waals surface area contributed by atoms with Crippen LogP contribution in [0.5, 0.6) is 0 Å². The Morgan fingerprint density at radius 2 is 1.64 bits per heavy atom. The predicted octanol–water partition coefficient (Wildman–Crippen LogP) is -8.17. The molecule has 1 saturated heterocycles. The van der Waals surface area contributed by atoms with E-state index in [1.54, 1.807) is 6.92 Å². The molecule has 5 nitrogen and oxygen atoms in total. The first-order chi connectivity index (χ1) is 3.52. The summed E-state index contributed by atoms with van der Waals surface area (Å²) in [5.41, 5.74) is 0. The molecule has 0 amide bonds. The Bertz CT molecular complexity index is 147. The maximum absolute atomic E-state index is 9.95. The summed E-state index contributed by atoms with van der Waals surface area (Å²) in [7, 11) is -4.40. The second kappa shape index (κ2) is 6.51. The van der Waals surface area contributed by atoms with E-state index in [9.17, 15) is 14.4 Å². The molecule has 0 aromatic carbocycles. The molecule has 1 heterocycles. The van der Waals surface area contributed by atoms with E-state index < -0.39 is 13.4 Å². The third-order valence-electron chi connectivity index (χ3n) is 0.991. The quantitative estimate of drug-likeness (QED) is 0.238. The molecule has 0 saturated carbocycles. The summed E-state index contributed by atoms with van der Waals surface area (Å²) < 4.78 is 14.3. The summed E-state index contributed by atoms with van der Waals surface area (Å²) in [6.45, 7) is 1.55. The third kappa shape index (κ3) is 6.18. The smallest absolute Gasteiger partial charge is 0.809 e. The van der Waals surface area contributed by atoms with E-state index in [4.69, 9.17) is 0 Å². The number of epoxide rings is 1. The molecular weight excluding hydrogens is 193 g/mol. The minimum absolute atomic E-state index is 0. The molecule has 2 atom stereocenters. The van der Waals surface area contributed by atoms with E-state index in [1.807, 2.05) is 0 Å². The molecule has 0 bridgehead atoms. The van der Waals surface area contributed by atoms with Gasteiger partial charge in [-0.25, -0.2) is 0 Å². The van der Waals surface area contributed by atoms with Crippen molar-refractivity contribution in [1.82, 2.24) is 0 Å². The van der Waals surface area contributed by atoms with Crippen molar-refractivity contribution in [2.45, 2.75) is 18.9 Å². The standard InChI is InChI=1S/C3H7O4P.2Na.H2O/c1-2-3(7-2)8(4,5)6;;;/h2-3H,1H3,(H2,4,5,6);;;1H2/q;2*+1;/p-2/t2-,3+;;;/m0.../s1. The van der Waals surface area contributed by atoms with Crippen LogP contribution in [0.2, 0.25) is 0 Å². The number of hydrogen-bond donors (Lipinski definition) is 0. The van der Waals surface area contributed by atoms with Gasteiger partial charge in [-0.15, -0.1) is 0 Å². The van der Waals surface area contributed by atoms with Gasteiger partial charge in [0.2, 0.25) is 0 Å². The van der Waals surface area contributed by atoms with Crippen LogP contribution in [0, 0.1) is 0 Å². The van der Waals surface area contributed by atoms with Gasteiger partial charge in [0.05, 0.1) is 6.10 Å². The molecule has 1 rings (SSSR count). The maximum Gasteiger partial charge on any atom is 1.00 e. The van der Waals surface area contributed by atoms with Crippen LogP contribution in [-0.4, -0.2) is 17.4 Å². The Labute approximate surface area is 109 Å². The Morgan fingerprint density at radius 1 is 1.36 bits per heavy atom. The SMILES string of the molecule is C[C@@H]1O[C@@H]1P(=O)([O-])[O-].O.[Na+].[Na+]. The van der Waals surface area contributed by atoms with Gasteiger partial charge in [-0.3, -0.25) is 0 Å². The van der Waals surface area contributed by atoms with E-state index in [0.29, 0.717) is 0 Å². The summed E-state index contributed by atoms with van der Waals surface area (Å²) in [6.07, 6.45) is -0.379. The molecule has 11 heavy (non-hydrogen) atoms. The van der Waals surface area contributed by atoms with Crippen molar-refractivity contribution in [3.05, 3.63) is 0 Å². The zero-order valence-electron chi connectivity index (χ0n) is 6.73. The average molecular weight is 200 g/mol. The molecule has 0 aliphatic carbocycles. The normalized spacial score (nSPS) is 27.2. The first-order valence-electron chi connectivity index (χ1n) is 2.19. The molecule has 1 fully saturated rings. The Balaban J connectivity index is -0.000000213. The van der Waals surface area contributed by atoms with Crippen molar-refractivity contribution in [2.75, 3.05) is 0 Å². The fourth-order valence-electron chi connectivity index (χ4n) is 0.506. The van der Waals surface area contributed by atoms with E-state index in [-0.39, 0.29) is 70.7 Å². The molecule has 0 spiro atoms. The first-order valence-corrected chi connectivity index (χ1v) is 3.80. The molecule has 0 radical (unpaired) electrons. The van der Waals surface area contributed by atoms with Crippen molar-refractivity contribution in [3.8, 4) is 0 Å². The topological polar surface area (TPSA) is 107 Å². The summed E-state index contributed by atoms with van der Waals surface area (Å²) in [4.78, 5) is 19.9. The molecule has 8 heteroatoms. The summed E-state index contributed by atoms with van der Waals surface area (Å²) in [6, 6.07) is 0. The Hall–Kier alpha value is 2.07. The maximum atomic E-state index is 9.95. The van der Waals surface area contributed by atoms with E-state index in [1.165, 1.54) is 0 Å². The van der Waals surface area contributed by atoms with Gasteiger partial charge in [-0.2, -0.15) is 0 Å². The van der Waals surface area contributed by atoms with Gasteiger partial charge in [-0.05, 0) is 14.5 Å². The van der Waals surface area contributed by atoms with Crippen LogP contribution < -0.4 is 68.9 Å². The zero-order valence-corrected chi connectivity index (χ0v) is 11.6. The number of rotatable bonds is 1. The van der Waals surface area contributed by atoms with Gasteiger partial charge in [0, 0.05) is 0 Å². The van der Waals surface area contributed by atoms with Crippen LogP contribution in [0.3, 0.4) is 0 Å². The van der Waals surface area contributed by atoms with Gasteiger partial charge < -0.3 is 24.6 Å². The second-order valence-electron chi connectivity index (χ2n) is 1.77. The van der Waals surface area contributed by atoms with E-state index in [0.717, 1.165) is 0 Å². The second-order valence-corrected chi connectivity index (χ2v) is 3.36. The molecule has 1 aliphatic heterocycles. The Morgan fingerprint density at radius 3 is 1.64 bits per heavy atom. The molecule has 0 aromatic rings. The molecule has 56 valence electrons. The molecule has 0 unspecified atom stereocenters. The Kier molecular flexibility index (Phi) is 11.1. The molecule has 1 aliphatic rings. The minimum Gasteiger partial charge on any atom is -0.809 e. The largest absolute Gasteiger partial charge is 1.00 e. The van der Waals surface area contributed by atoms with Crippen molar-refractivity contribution in [3.63, 3.8) is 0 Å².